The zero-order valence-electron chi connectivity index (χ0n) is 23.9. The van der Waals surface area contributed by atoms with E-state index in [1.807, 2.05) is 13.8 Å². The predicted octanol–water partition coefficient (Wildman–Crippen LogP) is 4.85. The van der Waals surface area contributed by atoms with Gasteiger partial charge >= 0.3 is 6.01 Å². The van der Waals surface area contributed by atoms with Crippen LogP contribution in [0.1, 0.15) is 32.3 Å². The van der Waals surface area contributed by atoms with Gasteiger partial charge in [0.1, 0.15) is 46.7 Å². The Morgan fingerprint density at radius 3 is 2.67 bits per heavy atom. The number of fused-ring (bicyclic) bond motifs is 1. The highest BCUT2D eigenvalue weighted by Crippen LogP contribution is 2.43. The molecular formula is C31H33F2N5O4. The van der Waals surface area contributed by atoms with E-state index in [-0.39, 0.29) is 59.2 Å². The lowest BCUT2D eigenvalue weighted by Crippen LogP contribution is -2.50. The molecule has 0 saturated carbocycles. The number of likely N-dealkylation sites (tertiary alicyclic amines) is 1. The number of rotatable bonds is 6. The Bertz CT molecular complexity index is 1700. The van der Waals surface area contributed by atoms with Crippen LogP contribution in [0.4, 0.5) is 14.6 Å². The first-order valence-electron chi connectivity index (χ1n) is 14.5. The summed E-state index contributed by atoms with van der Waals surface area (Å²) in [5, 5.41) is 12.0. The lowest BCUT2D eigenvalue weighted by Gasteiger charge is -2.37. The number of phenolic OH excluding ortho intramolecular Hbond substituents is 1. The summed E-state index contributed by atoms with van der Waals surface area (Å²) in [5.74, 6) is -0.544. The fraction of sp³-hybridized carbons (Fsp3) is 0.452. The minimum Gasteiger partial charge on any atom is -0.508 e. The maximum atomic E-state index is 16.8. The van der Waals surface area contributed by atoms with E-state index in [0.717, 1.165) is 19.4 Å². The van der Waals surface area contributed by atoms with Gasteiger partial charge in [0.25, 0.3) is 0 Å². The van der Waals surface area contributed by atoms with Gasteiger partial charge in [-0.2, -0.15) is 9.97 Å². The molecule has 0 aliphatic carbocycles. The number of likely N-dealkylation sites (N-methyl/N-ethyl adjacent to an activating group) is 1. The second-order valence-corrected chi connectivity index (χ2v) is 11.4. The van der Waals surface area contributed by atoms with Gasteiger partial charge in [0.15, 0.2) is 5.82 Å². The molecule has 3 aliphatic heterocycles. The predicted molar refractivity (Wildman–Crippen MR) is 154 cm³/mol. The number of nitrogens with zero attached hydrogens (tertiary/aromatic N) is 5. The molecule has 2 atom stereocenters. The van der Waals surface area contributed by atoms with Crippen molar-refractivity contribution in [3.05, 3.63) is 41.5 Å². The summed E-state index contributed by atoms with van der Waals surface area (Å²) >= 11 is 0. The fourth-order valence-corrected chi connectivity index (χ4v) is 6.56. The summed E-state index contributed by atoms with van der Waals surface area (Å²) in [6, 6.07) is 6.19. The number of aromatic hydroxyl groups is 1. The smallest absolute Gasteiger partial charge is 0.319 e. The molecule has 5 heterocycles. The maximum Gasteiger partial charge on any atom is 0.319 e. The van der Waals surface area contributed by atoms with Crippen molar-refractivity contribution in [2.75, 3.05) is 44.9 Å². The standard InChI is InChI=1S/C31H33F2N5O4/c1-4-20-22(32)8-7-17-12-19(39)13-21(24(17)20)27-26(33)28-25-29(38(18-14-40-15-18)10-11-41-30(25)34-27)36-31(35-28)42-16(2)23-6-5-9-37(23)3/h7-8,12-13,16,18,23,39H,4-6,9-11,14-15H2,1-3H3/t16-,23-/m0/s1. The number of aryl methyl sites for hydroxylation is 1. The van der Waals surface area contributed by atoms with Crippen molar-refractivity contribution >= 4 is 27.5 Å². The van der Waals surface area contributed by atoms with Gasteiger partial charge in [0.2, 0.25) is 5.88 Å². The van der Waals surface area contributed by atoms with Crippen LogP contribution in [0.3, 0.4) is 0 Å². The molecule has 2 aromatic carbocycles. The summed E-state index contributed by atoms with van der Waals surface area (Å²) < 4.78 is 49.7. The van der Waals surface area contributed by atoms with Crippen LogP contribution in [0.2, 0.25) is 0 Å². The minimum atomic E-state index is -0.721. The van der Waals surface area contributed by atoms with E-state index >= 15 is 4.39 Å². The third kappa shape index (κ3) is 4.37. The summed E-state index contributed by atoms with van der Waals surface area (Å²) in [7, 11) is 2.07. The van der Waals surface area contributed by atoms with Gasteiger partial charge in [-0.05, 0) is 74.3 Å². The first-order chi connectivity index (χ1) is 20.3. The summed E-state index contributed by atoms with van der Waals surface area (Å²) in [5.41, 5.74) is 0.588. The second-order valence-electron chi connectivity index (χ2n) is 11.4. The highest BCUT2D eigenvalue weighted by molar-refractivity contribution is 6.03. The van der Waals surface area contributed by atoms with Gasteiger partial charge in [-0.3, -0.25) is 4.90 Å². The second kappa shape index (κ2) is 10.5. The molecule has 1 N–H and O–H groups in total. The fourth-order valence-electron chi connectivity index (χ4n) is 6.56. The average molecular weight is 578 g/mol. The Labute approximate surface area is 242 Å². The summed E-state index contributed by atoms with van der Waals surface area (Å²) in [6.45, 7) is 6.63. The molecular weight excluding hydrogens is 544 g/mol. The van der Waals surface area contributed by atoms with E-state index in [9.17, 15) is 9.50 Å². The number of anilines is 1. The average Bonchev–Trinajstić information content (AvgIpc) is 3.30. The van der Waals surface area contributed by atoms with Crippen molar-refractivity contribution in [3.8, 4) is 28.9 Å². The number of hydrogen-bond donors (Lipinski definition) is 1. The van der Waals surface area contributed by atoms with Crippen LogP contribution in [-0.2, 0) is 11.2 Å². The van der Waals surface area contributed by atoms with Gasteiger partial charge in [-0.25, -0.2) is 13.8 Å². The van der Waals surface area contributed by atoms with E-state index in [1.165, 1.54) is 18.2 Å². The van der Waals surface area contributed by atoms with E-state index < -0.39 is 11.6 Å². The summed E-state index contributed by atoms with van der Waals surface area (Å²) in [4.78, 5) is 18.4. The molecule has 2 saturated heterocycles. The van der Waals surface area contributed by atoms with Crippen molar-refractivity contribution in [2.45, 2.75) is 51.3 Å². The zero-order chi connectivity index (χ0) is 29.1. The Kier molecular flexibility index (Phi) is 6.73. The number of halogens is 2. The number of hydrogen-bond acceptors (Lipinski definition) is 9. The molecule has 0 unspecified atom stereocenters. The van der Waals surface area contributed by atoms with Crippen molar-refractivity contribution in [3.63, 3.8) is 0 Å². The molecule has 3 aliphatic rings. The third-order valence-corrected chi connectivity index (χ3v) is 8.79. The molecule has 11 heteroatoms. The van der Waals surface area contributed by atoms with Gasteiger partial charge in [-0.15, -0.1) is 0 Å². The van der Waals surface area contributed by atoms with E-state index in [2.05, 4.69) is 26.8 Å². The van der Waals surface area contributed by atoms with Crippen molar-refractivity contribution in [1.29, 1.82) is 0 Å². The molecule has 4 aromatic rings. The van der Waals surface area contributed by atoms with Crippen LogP contribution < -0.4 is 14.4 Å². The van der Waals surface area contributed by atoms with Crippen LogP contribution in [-0.4, -0.2) is 83.1 Å². The van der Waals surface area contributed by atoms with Crippen LogP contribution >= 0.6 is 0 Å². The Morgan fingerprint density at radius 2 is 1.95 bits per heavy atom. The molecule has 0 bridgehead atoms. The van der Waals surface area contributed by atoms with Gasteiger partial charge in [-0.1, -0.05) is 13.0 Å². The molecule has 2 aromatic heterocycles. The van der Waals surface area contributed by atoms with Crippen LogP contribution in [0.25, 0.3) is 32.9 Å². The molecule has 0 amide bonds. The number of pyridine rings is 1. The maximum absolute atomic E-state index is 16.8. The molecule has 220 valence electrons. The third-order valence-electron chi connectivity index (χ3n) is 8.79. The normalized spacial score (nSPS) is 20.0. The Morgan fingerprint density at radius 1 is 1.12 bits per heavy atom. The first-order valence-corrected chi connectivity index (χ1v) is 14.5. The minimum absolute atomic E-state index is 0.0000581. The SMILES string of the molecule is CCc1c(F)ccc2cc(O)cc(-c3nc4c5c(nc(O[C@@H](C)[C@@H]6CCCN6C)nc5c3F)N(C3COC3)CCO4)c12. The van der Waals surface area contributed by atoms with Crippen molar-refractivity contribution in [1.82, 2.24) is 19.9 Å². The van der Waals surface area contributed by atoms with Gasteiger partial charge in [0, 0.05) is 11.6 Å². The lowest BCUT2D eigenvalue weighted by molar-refractivity contribution is 0.00723. The molecule has 0 spiro atoms. The molecule has 0 radical (unpaired) electrons. The van der Waals surface area contributed by atoms with Gasteiger partial charge < -0.3 is 24.2 Å². The van der Waals surface area contributed by atoms with Gasteiger partial charge in [0.05, 0.1) is 25.8 Å². The topological polar surface area (TPSA) is 93.1 Å². The molecule has 2 fully saturated rings. The number of ether oxygens (including phenoxy) is 3. The molecule has 9 nitrogen and oxygen atoms in total. The largest absolute Gasteiger partial charge is 0.508 e. The molecule has 7 rings (SSSR count). The monoisotopic (exact) mass is 577 g/mol. The van der Waals surface area contributed by atoms with E-state index in [1.54, 1.807) is 6.07 Å². The first kappa shape index (κ1) is 27.0. The molecule has 42 heavy (non-hydrogen) atoms. The Hall–Kier alpha value is -3.83. The Balaban J connectivity index is 1.46. The van der Waals surface area contributed by atoms with Crippen LogP contribution in [0, 0.1) is 11.6 Å². The quantitative estimate of drug-likeness (QED) is 0.345. The number of benzene rings is 2. The highest BCUT2D eigenvalue weighted by Gasteiger charge is 2.35. The summed E-state index contributed by atoms with van der Waals surface area (Å²) in [6.07, 6.45) is 2.22. The van der Waals surface area contributed by atoms with Crippen LogP contribution in [0.5, 0.6) is 17.6 Å². The van der Waals surface area contributed by atoms with Crippen LogP contribution in [0.15, 0.2) is 24.3 Å². The number of aromatic nitrogens is 3. The van der Waals surface area contributed by atoms with E-state index in [4.69, 9.17) is 19.2 Å². The lowest BCUT2D eigenvalue weighted by atomic mass is 9.94. The van der Waals surface area contributed by atoms with Crippen molar-refractivity contribution < 1.29 is 28.1 Å². The van der Waals surface area contributed by atoms with E-state index in [0.29, 0.717) is 53.7 Å². The number of phenols is 1. The van der Waals surface area contributed by atoms with Crippen molar-refractivity contribution in [2.24, 2.45) is 0 Å². The highest BCUT2D eigenvalue weighted by atomic mass is 19.1. The zero-order valence-corrected chi connectivity index (χ0v) is 23.9.